The molecule has 128 valence electrons. The van der Waals surface area contributed by atoms with Crippen LogP contribution in [0.3, 0.4) is 0 Å². The van der Waals surface area contributed by atoms with Gasteiger partial charge in [0.25, 0.3) is 0 Å². The molecule has 2 rings (SSSR count). The predicted molar refractivity (Wildman–Crippen MR) is 84.8 cm³/mol. The Morgan fingerprint density at radius 3 is 2.52 bits per heavy atom. The molecule has 1 unspecified atom stereocenters. The first kappa shape index (κ1) is 23.0. The molecule has 6 heteroatoms. The molecule has 1 aromatic rings. The Labute approximate surface area is 158 Å². The maximum absolute atomic E-state index is 9.00. The van der Waals surface area contributed by atoms with Crippen molar-refractivity contribution in [3.05, 3.63) is 41.5 Å². The minimum Gasteiger partial charge on any atom is -1.00 e. The number of ether oxygens (including phenoxy) is 1. The van der Waals surface area contributed by atoms with E-state index in [0.29, 0.717) is 10.8 Å². The van der Waals surface area contributed by atoms with Gasteiger partial charge in [0.15, 0.2) is 0 Å². The van der Waals surface area contributed by atoms with E-state index in [1.54, 1.807) is 0 Å². The average Bonchev–Trinajstić information content (AvgIpc) is 2.85. The standard InChI is InChI=1S/C9H7.C4H10N.C4H8O2.2ClH.Ti/c1-2-5-9-7-3-6-8(9)4-1;1-4(2,3)5;1-2-6-4-3-5;;;/h1-7H;5H,1-3H3;5H,3-4H2,1H3;2*1H;/q;-1;;;;+3/p-2. The molecular formula is C17H25Cl2NO2Ti. The van der Waals surface area contributed by atoms with Gasteiger partial charge >= 0.3 is 134 Å². The molecule has 0 fully saturated rings. The molecule has 1 aliphatic carbocycles. The maximum Gasteiger partial charge on any atom is -1.00 e. The normalized spacial score (nSPS) is 16.2. The Bertz CT molecular complexity index is 568. The second-order valence-corrected chi connectivity index (χ2v) is 10.1. The number of aliphatic hydroxyl groups is 1. The first-order valence-corrected chi connectivity index (χ1v) is 9.88. The van der Waals surface area contributed by atoms with Crippen molar-refractivity contribution in [2.75, 3.05) is 13.2 Å². The van der Waals surface area contributed by atoms with Gasteiger partial charge in [-0.25, -0.2) is 0 Å². The van der Waals surface area contributed by atoms with Crippen molar-refractivity contribution in [1.29, 1.82) is 0 Å². The molecule has 0 heterocycles. The van der Waals surface area contributed by atoms with Crippen molar-refractivity contribution in [1.82, 2.24) is 3.80 Å². The van der Waals surface area contributed by atoms with Crippen LogP contribution in [0, 0.1) is 0 Å². The van der Waals surface area contributed by atoms with Crippen LogP contribution in [0.1, 0.15) is 43.0 Å². The number of nitrogens with one attached hydrogen (secondary N) is 1. The van der Waals surface area contributed by atoms with Gasteiger partial charge in [-0.05, 0) is 0 Å². The molecular weight excluding hydrogens is 369 g/mol. The molecule has 23 heavy (non-hydrogen) atoms. The molecule has 0 saturated carbocycles. The van der Waals surface area contributed by atoms with E-state index in [1.807, 2.05) is 0 Å². The number of hydrogen-bond acceptors (Lipinski definition) is 3. The van der Waals surface area contributed by atoms with Gasteiger partial charge in [0.05, 0.1) is 0 Å². The molecule has 0 spiro atoms. The minimum atomic E-state index is -1.85. The Morgan fingerprint density at radius 1 is 1.26 bits per heavy atom. The zero-order valence-corrected chi connectivity index (χ0v) is 17.1. The van der Waals surface area contributed by atoms with Gasteiger partial charge in [0.1, 0.15) is 0 Å². The van der Waals surface area contributed by atoms with Crippen LogP contribution in [0.25, 0.3) is 6.08 Å². The summed E-state index contributed by atoms with van der Waals surface area (Å²) >= 11 is -1.85. The van der Waals surface area contributed by atoms with Crippen molar-refractivity contribution in [2.24, 2.45) is 0 Å². The van der Waals surface area contributed by atoms with Crippen LogP contribution in [0.4, 0.5) is 0 Å². The van der Waals surface area contributed by atoms with E-state index in [-0.39, 0.29) is 37.0 Å². The minimum absolute atomic E-state index is 0. The Morgan fingerprint density at radius 2 is 1.91 bits per heavy atom. The summed E-state index contributed by atoms with van der Waals surface area (Å²) in [5, 5.41) is 9.00. The Balaban J connectivity index is 0.00000242. The second kappa shape index (κ2) is 10.1. The number of hydrogen-bond donors (Lipinski definition) is 2. The number of rotatable bonds is 5. The van der Waals surface area contributed by atoms with Crippen LogP contribution in [0.2, 0.25) is 0 Å². The second-order valence-electron chi connectivity index (χ2n) is 6.38. The van der Waals surface area contributed by atoms with E-state index >= 15 is 0 Å². The molecule has 0 saturated heterocycles. The van der Waals surface area contributed by atoms with Crippen molar-refractivity contribution < 1.29 is 52.3 Å². The quantitative estimate of drug-likeness (QED) is 0.519. The van der Waals surface area contributed by atoms with Gasteiger partial charge in [-0.3, -0.25) is 0 Å². The number of benzene rings is 1. The molecule has 0 amide bonds. The smallest absolute Gasteiger partial charge is 1.00 e. The molecule has 1 aliphatic rings. The molecule has 0 aromatic heterocycles. The monoisotopic (exact) mass is 393 g/mol. The van der Waals surface area contributed by atoms with E-state index in [9.17, 15) is 0 Å². The fraction of sp³-hybridized carbons (Fsp3) is 0.471. The summed E-state index contributed by atoms with van der Waals surface area (Å²) in [7, 11) is 0. The van der Waals surface area contributed by atoms with Crippen LogP contribution in [0.5, 0.6) is 0 Å². The summed E-state index contributed by atoms with van der Waals surface area (Å²) in [5.74, 6) is 0. The third-order valence-corrected chi connectivity index (χ3v) is 8.17. The van der Waals surface area contributed by atoms with Gasteiger partial charge in [0.2, 0.25) is 0 Å². The van der Waals surface area contributed by atoms with Crippen LogP contribution < -0.4 is 28.6 Å². The topological polar surface area (TPSA) is 41.5 Å². The fourth-order valence-electron chi connectivity index (χ4n) is 2.57. The first-order chi connectivity index (χ1) is 9.92. The van der Waals surface area contributed by atoms with Crippen LogP contribution in [-0.2, 0) is 22.4 Å². The van der Waals surface area contributed by atoms with Gasteiger partial charge in [-0.1, -0.05) is 0 Å². The van der Waals surface area contributed by atoms with Crippen LogP contribution >= 0.6 is 0 Å². The average molecular weight is 394 g/mol. The van der Waals surface area contributed by atoms with E-state index in [4.69, 9.17) is 9.84 Å². The molecule has 0 bridgehead atoms. The van der Waals surface area contributed by atoms with E-state index in [1.165, 1.54) is 11.1 Å². The van der Waals surface area contributed by atoms with Gasteiger partial charge in [-0.15, -0.1) is 0 Å². The third kappa shape index (κ3) is 6.43. The molecule has 0 aliphatic heterocycles. The van der Waals surface area contributed by atoms with Crippen LogP contribution in [0.15, 0.2) is 30.3 Å². The molecule has 0 radical (unpaired) electrons. The van der Waals surface area contributed by atoms with Gasteiger partial charge in [-0.2, -0.15) is 0 Å². The summed E-state index contributed by atoms with van der Waals surface area (Å²) < 4.78 is 11.1. The summed E-state index contributed by atoms with van der Waals surface area (Å²) in [6, 6.07) is 8.58. The number of allylic oxidation sites excluding steroid dienone is 1. The summed E-state index contributed by atoms with van der Waals surface area (Å²) in [4.78, 5) is 0. The number of fused-ring (bicyclic) bond motifs is 1. The van der Waals surface area contributed by atoms with Crippen molar-refractivity contribution >= 4 is 10.1 Å². The maximum atomic E-state index is 9.00. The van der Waals surface area contributed by atoms with E-state index in [0.717, 1.165) is 4.00 Å². The van der Waals surface area contributed by atoms with Crippen LogP contribution in [-0.4, -0.2) is 27.9 Å². The van der Waals surface area contributed by atoms with E-state index in [2.05, 4.69) is 67.9 Å². The van der Waals surface area contributed by atoms with Gasteiger partial charge in [0, 0.05) is 0 Å². The fourth-order valence-corrected chi connectivity index (χ4v) is 6.78. The summed E-state index contributed by atoms with van der Waals surface area (Å²) in [5.41, 5.74) is 2.78. The predicted octanol–water partition coefficient (Wildman–Crippen LogP) is -3.16. The first-order valence-electron chi connectivity index (χ1n) is 7.42. The summed E-state index contributed by atoms with van der Waals surface area (Å²) in [6.45, 7) is 9.11. The zero-order valence-electron chi connectivity index (χ0n) is 14.1. The van der Waals surface area contributed by atoms with Crippen molar-refractivity contribution in [3.8, 4) is 0 Å². The largest absolute Gasteiger partial charge is 1.00 e. The third-order valence-electron chi connectivity index (χ3n) is 3.41. The molecule has 1 atom stereocenters. The van der Waals surface area contributed by atoms with Gasteiger partial charge < -0.3 is 24.8 Å². The zero-order chi connectivity index (χ0) is 15.5. The Hall–Kier alpha value is 0.00429. The van der Waals surface area contributed by atoms with Crippen molar-refractivity contribution in [2.45, 2.75) is 37.5 Å². The summed E-state index contributed by atoms with van der Waals surface area (Å²) in [6.07, 6.45) is 4.53. The molecule has 1 aromatic carbocycles. The SMILES string of the molecule is C/[C](OCCO)=[Ti+2](\[NH]C(C)(C)C)[CH]1C=Cc2ccccc21.[Cl-].[Cl-]. The van der Waals surface area contributed by atoms with Crippen molar-refractivity contribution in [3.63, 3.8) is 0 Å². The van der Waals surface area contributed by atoms with E-state index < -0.39 is 17.7 Å². The molecule has 2 N–H and O–H groups in total. The Kier molecular flexibility index (Phi) is 10.1. The number of aliphatic hydroxyl groups excluding tert-OH is 1. The molecule has 3 nitrogen and oxygen atoms in total. The number of halogens is 2.